The number of hydrogen-bond acceptors (Lipinski definition) is 9. The van der Waals surface area contributed by atoms with Gasteiger partial charge in [-0.25, -0.2) is 4.85 Å². The van der Waals surface area contributed by atoms with Crippen LogP contribution < -0.4 is 20.0 Å². The molecule has 3 aromatic rings. The molecule has 57 heavy (non-hydrogen) atoms. The van der Waals surface area contributed by atoms with Crippen LogP contribution in [0.1, 0.15) is 70.1 Å². The molecule has 5 fully saturated rings. The highest BCUT2D eigenvalue weighted by atomic mass is 35.5. The number of nitrogens with one attached hydrogen (secondary N) is 1. The highest BCUT2D eigenvalue weighted by Gasteiger charge is 2.46. The van der Waals surface area contributed by atoms with Crippen molar-refractivity contribution in [2.24, 2.45) is 5.41 Å². The lowest BCUT2D eigenvalue weighted by Crippen LogP contribution is -2.63. The Morgan fingerprint density at radius 2 is 1.51 bits per heavy atom. The molecule has 2 atom stereocenters. The number of hydrogen-bond donors (Lipinski definition) is 1. The topological polar surface area (TPSA) is 121 Å². The first-order valence-electron chi connectivity index (χ1n) is 19.9. The van der Waals surface area contributed by atoms with Gasteiger partial charge in [-0.15, -0.1) is 0 Å². The second-order valence-corrected chi connectivity index (χ2v) is 16.9. The Labute approximate surface area is 336 Å². The molecule has 0 aromatic heterocycles. The zero-order valence-electron chi connectivity index (χ0n) is 32.0. The number of piperidine rings is 2. The van der Waals surface area contributed by atoms with E-state index in [-0.39, 0.29) is 35.3 Å². The summed E-state index contributed by atoms with van der Waals surface area (Å²) in [4.78, 5) is 79.9. The predicted molar refractivity (Wildman–Crippen MR) is 216 cm³/mol. The Morgan fingerprint density at radius 3 is 2.19 bits per heavy atom. The van der Waals surface area contributed by atoms with E-state index in [1.54, 1.807) is 12.1 Å². The van der Waals surface area contributed by atoms with Crippen molar-refractivity contribution in [3.63, 3.8) is 0 Å². The van der Waals surface area contributed by atoms with Crippen LogP contribution in [0.25, 0.3) is 4.85 Å². The molecule has 5 amide bonds. The van der Waals surface area contributed by atoms with Gasteiger partial charge >= 0.3 is 0 Å². The van der Waals surface area contributed by atoms with Gasteiger partial charge in [0.25, 0.3) is 17.7 Å². The first-order valence-corrected chi connectivity index (χ1v) is 20.3. The number of imide groups is 2. The quantitative estimate of drug-likeness (QED) is 0.277. The first-order chi connectivity index (χ1) is 27.5. The van der Waals surface area contributed by atoms with Crippen LogP contribution >= 0.6 is 11.6 Å². The molecule has 0 radical (unpaired) electrons. The minimum Gasteiger partial charge on any atom is -0.371 e. The van der Waals surface area contributed by atoms with E-state index in [1.165, 1.54) is 0 Å². The smallest absolute Gasteiger partial charge is 0.262 e. The summed E-state index contributed by atoms with van der Waals surface area (Å²) in [6.07, 6.45) is 3.55. The largest absolute Gasteiger partial charge is 0.371 e. The second kappa shape index (κ2) is 14.5. The molecule has 6 heterocycles. The third-order valence-electron chi connectivity index (χ3n) is 13.2. The molecular weight excluding hydrogens is 744 g/mol. The summed E-state index contributed by atoms with van der Waals surface area (Å²) in [6, 6.07) is 18.9. The Bertz CT molecular complexity index is 2200. The first kappa shape index (κ1) is 37.1. The molecule has 9 rings (SSSR count). The molecule has 6 aliphatic rings. The van der Waals surface area contributed by atoms with Crippen LogP contribution in [0.15, 0.2) is 60.7 Å². The number of nitrogens with zero attached hydrogens (tertiary/aromatic N) is 7. The van der Waals surface area contributed by atoms with Gasteiger partial charge in [-0.2, -0.15) is 0 Å². The van der Waals surface area contributed by atoms with Crippen LogP contribution in [0, 0.1) is 12.0 Å². The minimum atomic E-state index is -0.983. The number of amides is 5. The van der Waals surface area contributed by atoms with Crippen molar-refractivity contribution >= 4 is 63.9 Å². The number of benzene rings is 3. The zero-order valence-corrected chi connectivity index (χ0v) is 32.7. The Morgan fingerprint density at radius 1 is 0.825 bits per heavy atom. The summed E-state index contributed by atoms with van der Waals surface area (Å²) in [7, 11) is 0. The Kier molecular flexibility index (Phi) is 9.44. The molecule has 294 valence electrons. The summed E-state index contributed by atoms with van der Waals surface area (Å²) in [5.41, 5.74) is 5.10. The van der Waals surface area contributed by atoms with E-state index >= 15 is 0 Å². The van der Waals surface area contributed by atoms with Gasteiger partial charge in [0, 0.05) is 105 Å². The molecule has 14 heteroatoms. The van der Waals surface area contributed by atoms with Crippen LogP contribution in [-0.4, -0.2) is 121 Å². The average molecular weight is 789 g/mol. The Hall–Kier alpha value is -5.45. The monoisotopic (exact) mass is 788 g/mol. The summed E-state index contributed by atoms with van der Waals surface area (Å²) < 4.78 is 0. The van der Waals surface area contributed by atoms with Crippen LogP contribution in [0.4, 0.5) is 22.7 Å². The number of carbonyl (C=O) groups is 5. The standard InChI is InChI=1S/C43H45ClN8O5/c1-27-23-43(26-51(27)31-8-10-36(45-2)35(44)22-31)13-15-47(16-14-43)29-5-3-28(4-6-29)40(55)49-19-17-48(18-20-49)32-24-50(25-32)30-7-9-33-34(21-30)42(57)52(41(33)56)37-11-12-38(53)46-39(37)54/h3-10,21-22,27,32,37H,11-20,23-26H2,1H3,(H,46,53,54)/t27-,37?/m0/s1. The lowest BCUT2D eigenvalue weighted by molar-refractivity contribution is -0.136. The molecule has 1 spiro atoms. The van der Waals surface area contributed by atoms with Crippen molar-refractivity contribution in [1.29, 1.82) is 0 Å². The molecule has 6 aliphatic heterocycles. The van der Waals surface area contributed by atoms with Gasteiger partial charge in [0.1, 0.15) is 6.04 Å². The molecule has 0 aliphatic carbocycles. The van der Waals surface area contributed by atoms with Crippen LogP contribution in [-0.2, 0) is 9.59 Å². The summed E-state index contributed by atoms with van der Waals surface area (Å²) in [5, 5.41) is 2.74. The molecule has 3 aromatic carbocycles. The summed E-state index contributed by atoms with van der Waals surface area (Å²) in [5.74, 6) is -1.96. The average Bonchev–Trinajstić information content (AvgIpc) is 3.65. The molecule has 13 nitrogen and oxygen atoms in total. The van der Waals surface area contributed by atoms with Crippen molar-refractivity contribution in [2.75, 3.05) is 73.6 Å². The fourth-order valence-electron chi connectivity index (χ4n) is 9.87. The fourth-order valence-corrected chi connectivity index (χ4v) is 10.1. The maximum absolute atomic E-state index is 13.6. The van der Waals surface area contributed by atoms with E-state index in [1.807, 2.05) is 41.3 Å². The second-order valence-electron chi connectivity index (χ2n) is 16.5. The molecule has 0 saturated carbocycles. The number of anilines is 3. The Balaban J connectivity index is 0.741. The van der Waals surface area contributed by atoms with Gasteiger partial charge in [-0.05, 0) is 92.6 Å². The fraction of sp³-hybridized carbons (Fsp3) is 0.442. The van der Waals surface area contributed by atoms with E-state index in [2.05, 4.69) is 48.8 Å². The normalized spacial score (nSPS) is 23.8. The predicted octanol–water partition coefficient (Wildman–Crippen LogP) is 4.82. The van der Waals surface area contributed by atoms with Crippen molar-refractivity contribution < 1.29 is 24.0 Å². The zero-order chi connectivity index (χ0) is 39.6. The van der Waals surface area contributed by atoms with Crippen molar-refractivity contribution in [3.05, 3.63) is 93.8 Å². The maximum Gasteiger partial charge on any atom is 0.262 e. The number of fused-ring (bicyclic) bond motifs is 1. The van der Waals surface area contributed by atoms with Gasteiger partial charge in [0.05, 0.1) is 17.7 Å². The summed E-state index contributed by atoms with van der Waals surface area (Å²) >= 11 is 6.38. The molecule has 5 saturated heterocycles. The van der Waals surface area contributed by atoms with Crippen LogP contribution in [0.2, 0.25) is 5.02 Å². The number of rotatable bonds is 6. The lowest BCUT2D eigenvalue weighted by Gasteiger charge is -2.49. The molecule has 0 bridgehead atoms. The minimum absolute atomic E-state index is 0.0577. The van der Waals surface area contributed by atoms with Crippen molar-refractivity contribution in [1.82, 2.24) is 20.0 Å². The summed E-state index contributed by atoms with van der Waals surface area (Å²) in [6.45, 7) is 16.9. The third kappa shape index (κ3) is 6.68. The number of halogens is 1. The van der Waals surface area contributed by atoms with Gasteiger partial charge in [0.15, 0.2) is 0 Å². The third-order valence-corrected chi connectivity index (χ3v) is 13.5. The molecule has 1 unspecified atom stereocenters. The van der Waals surface area contributed by atoms with E-state index in [4.69, 9.17) is 18.2 Å². The lowest BCUT2D eigenvalue weighted by atomic mass is 9.76. The van der Waals surface area contributed by atoms with Crippen LogP contribution in [0.3, 0.4) is 0 Å². The highest BCUT2D eigenvalue weighted by molar-refractivity contribution is 6.33. The van der Waals surface area contributed by atoms with Gasteiger partial charge in [0.2, 0.25) is 17.5 Å². The molecular formula is C43H45ClN8O5. The van der Waals surface area contributed by atoms with Gasteiger partial charge in [-0.1, -0.05) is 17.7 Å². The number of piperazine rings is 1. The van der Waals surface area contributed by atoms with Crippen LogP contribution in [0.5, 0.6) is 0 Å². The number of carbonyl (C=O) groups excluding carboxylic acids is 5. The van der Waals surface area contributed by atoms with Crippen molar-refractivity contribution in [2.45, 2.75) is 57.2 Å². The maximum atomic E-state index is 13.6. The van der Waals surface area contributed by atoms with Crippen molar-refractivity contribution in [3.8, 4) is 0 Å². The van der Waals surface area contributed by atoms with E-state index in [0.29, 0.717) is 41.4 Å². The van der Waals surface area contributed by atoms with E-state index in [0.717, 1.165) is 87.0 Å². The van der Waals surface area contributed by atoms with E-state index in [9.17, 15) is 24.0 Å². The highest BCUT2D eigenvalue weighted by Crippen LogP contribution is 2.46. The van der Waals surface area contributed by atoms with E-state index < -0.39 is 29.7 Å². The molecule has 1 N–H and O–H groups in total. The van der Waals surface area contributed by atoms with Gasteiger partial charge in [-0.3, -0.25) is 39.1 Å². The SMILES string of the molecule is [C-]#[N+]c1ccc(N2CC3(CCN(c4ccc(C(=O)N5CCN(C6CN(c7ccc8c(c7)C(=O)N(C7CCC(=O)NC7=O)C8=O)C6)CC5)cc4)CC3)C[C@@H]2C)cc1Cl. The van der Waals surface area contributed by atoms with Gasteiger partial charge < -0.3 is 19.6 Å².